The highest BCUT2D eigenvalue weighted by Gasteiger charge is 2.11. The summed E-state index contributed by atoms with van der Waals surface area (Å²) in [6.45, 7) is 8.60. The molecule has 224 valence electrons. The molecule has 0 aliphatic rings. The van der Waals surface area contributed by atoms with Crippen molar-refractivity contribution >= 4 is 28.9 Å². The molecule has 0 aliphatic carbocycles. The van der Waals surface area contributed by atoms with E-state index < -0.39 is 11.9 Å². The Kier molecular flexibility index (Phi) is 11.9. The number of aryl methyl sites for hydroxylation is 1. The van der Waals surface area contributed by atoms with E-state index in [1.165, 1.54) is 10.9 Å². The van der Waals surface area contributed by atoms with E-state index in [0.717, 1.165) is 42.3 Å². The lowest BCUT2D eigenvalue weighted by atomic mass is 10.1. The Morgan fingerprint density at radius 3 is 2.24 bits per heavy atom. The molecule has 0 aliphatic heterocycles. The van der Waals surface area contributed by atoms with Gasteiger partial charge in [-0.2, -0.15) is 0 Å². The molecule has 0 bridgehead atoms. The van der Waals surface area contributed by atoms with Crippen LogP contribution in [-0.4, -0.2) is 51.0 Å². The van der Waals surface area contributed by atoms with Crippen molar-refractivity contribution in [2.24, 2.45) is 11.7 Å². The van der Waals surface area contributed by atoms with E-state index >= 15 is 0 Å². The summed E-state index contributed by atoms with van der Waals surface area (Å²) in [5.41, 5.74) is 8.60. The lowest BCUT2D eigenvalue weighted by Crippen LogP contribution is -2.39. The fraction of sp³-hybridized carbons (Fsp3) is 0.367. The summed E-state index contributed by atoms with van der Waals surface area (Å²) in [6.07, 6.45) is 5.58. The molecule has 1 heterocycles. The zero-order valence-corrected chi connectivity index (χ0v) is 24.2. The number of aromatic nitrogens is 3. The number of carbonyl (C=O) groups excluding carboxylic acids is 3. The third kappa shape index (κ3) is 10.3. The number of urea groups is 1. The molecule has 0 unspecified atom stereocenters. The molecular formula is C30H40N8O4. The van der Waals surface area contributed by atoms with E-state index in [1.807, 2.05) is 38.1 Å². The van der Waals surface area contributed by atoms with Crippen LogP contribution in [0.1, 0.15) is 51.5 Å². The van der Waals surface area contributed by atoms with Gasteiger partial charge in [-0.05, 0) is 55.0 Å². The van der Waals surface area contributed by atoms with Crippen molar-refractivity contribution < 1.29 is 19.5 Å². The number of rotatable bonds is 16. The van der Waals surface area contributed by atoms with Crippen molar-refractivity contribution in [3.63, 3.8) is 0 Å². The number of unbranched alkanes of at least 4 members (excludes halogenated alkanes) is 3. The summed E-state index contributed by atoms with van der Waals surface area (Å²) in [6, 6.07) is 12.3. The van der Waals surface area contributed by atoms with E-state index in [-0.39, 0.29) is 23.4 Å². The largest absolute Gasteiger partial charge is 0.506 e. The second kappa shape index (κ2) is 15.8. The van der Waals surface area contributed by atoms with Crippen molar-refractivity contribution in [3.8, 4) is 11.4 Å². The number of nitrogens with one attached hydrogen (secondary N) is 4. The molecule has 0 spiro atoms. The topological polar surface area (TPSA) is 176 Å². The quantitative estimate of drug-likeness (QED) is 0.112. The molecule has 0 saturated carbocycles. The summed E-state index contributed by atoms with van der Waals surface area (Å²) in [7, 11) is 0. The minimum Gasteiger partial charge on any atom is -0.506 e. The molecule has 12 nitrogen and oxygen atoms in total. The molecule has 12 heteroatoms. The van der Waals surface area contributed by atoms with Gasteiger partial charge in [0, 0.05) is 31.3 Å². The van der Waals surface area contributed by atoms with Gasteiger partial charge < -0.3 is 26.8 Å². The average molecular weight is 577 g/mol. The Morgan fingerprint density at radius 1 is 0.976 bits per heavy atom. The summed E-state index contributed by atoms with van der Waals surface area (Å²) < 4.78 is 0. The van der Waals surface area contributed by atoms with Gasteiger partial charge in [0.05, 0.1) is 0 Å². The molecule has 7 N–H and O–H groups in total. The standard InChI is InChI=1S/C30H40N8O4/c1-20(2)25(19-28(31)40)34-21(3)35-30(42)33-17-9-5-4-8-16-32-29(41)15-13-22-12-14-27(39)26(18-22)38-36-23-10-6-7-11-24(23)37-38/h6-7,10-12,14,18-20,34,39H,3-5,8-9,13,15-17H2,1-2H3,(H2,31,40)(H,32,41)(H2,33,35,42)/b25-19-. The van der Waals surface area contributed by atoms with Gasteiger partial charge in [0.15, 0.2) is 0 Å². The molecule has 42 heavy (non-hydrogen) atoms. The number of phenols is 1. The van der Waals surface area contributed by atoms with Crippen LogP contribution in [0.25, 0.3) is 16.7 Å². The number of fused-ring (bicyclic) bond motifs is 1. The van der Waals surface area contributed by atoms with Gasteiger partial charge in [-0.25, -0.2) is 4.79 Å². The van der Waals surface area contributed by atoms with E-state index in [0.29, 0.717) is 37.3 Å². The zero-order chi connectivity index (χ0) is 30.5. The third-order valence-electron chi connectivity index (χ3n) is 6.37. The number of phenolic OH excluding ortho intramolecular Hbond substituents is 1. The fourth-order valence-corrected chi connectivity index (χ4v) is 4.12. The van der Waals surface area contributed by atoms with Crippen molar-refractivity contribution in [2.75, 3.05) is 13.1 Å². The Bertz CT molecular complexity index is 1400. The van der Waals surface area contributed by atoms with Crippen LogP contribution in [0.5, 0.6) is 5.75 Å². The minimum absolute atomic E-state index is 0.00354. The van der Waals surface area contributed by atoms with E-state index in [1.54, 1.807) is 18.2 Å². The number of carbonyl (C=O) groups is 3. The van der Waals surface area contributed by atoms with Crippen molar-refractivity contribution in [3.05, 3.63) is 72.2 Å². The predicted molar refractivity (Wildman–Crippen MR) is 161 cm³/mol. The molecule has 1 aromatic heterocycles. The van der Waals surface area contributed by atoms with Crippen LogP contribution >= 0.6 is 0 Å². The summed E-state index contributed by atoms with van der Waals surface area (Å²) in [4.78, 5) is 36.9. The van der Waals surface area contributed by atoms with Gasteiger partial charge in [-0.3, -0.25) is 14.9 Å². The average Bonchev–Trinajstić information content (AvgIpc) is 3.37. The first-order valence-corrected chi connectivity index (χ1v) is 14.0. The van der Waals surface area contributed by atoms with E-state index in [9.17, 15) is 19.5 Å². The number of aromatic hydroxyl groups is 1. The van der Waals surface area contributed by atoms with Crippen molar-refractivity contribution in [1.29, 1.82) is 0 Å². The summed E-state index contributed by atoms with van der Waals surface area (Å²) in [5.74, 6) is -0.296. The Balaban J connectivity index is 1.27. The zero-order valence-electron chi connectivity index (χ0n) is 24.2. The van der Waals surface area contributed by atoms with Crippen molar-refractivity contribution in [2.45, 2.75) is 52.4 Å². The molecule has 3 rings (SSSR count). The SMILES string of the molecule is C=C(NC(=O)NCCCCCCNC(=O)CCc1ccc(O)c(-n2nc3ccccc3n2)c1)N/C(=C\C(N)=O)C(C)C. The maximum absolute atomic E-state index is 12.3. The van der Waals surface area contributed by atoms with Crippen molar-refractivity contribution in [1.82, 2.24) is 36.3 Å². The van der Waals surface area contributed by atoms with Crippen LogP contribution in [0.3, 0.4) is 0 Å². The third-order valence-corrected chi connectivity index (χ3v) is 6.37. The fourth-order valence-electron chi connectivity index (χ4n) is 4.12. The van der Waals surface area contributed by atoms with Gasteiger partial charge in [-0.1, -0.05) is 51.5 Å². The van der Waals surface area contributed by atoms with Crippen LogP contribution < -0.4 is 27.0 Å². The second-order valence-corrected chi connectivity index (χ2v) is 10.2. The van der Waals surface area contributed by atoms with E-state index in [4.69, 9.17) is 5.73 Å². The maximum atomic E-state index is 12.3. The van der Waals surface area contributed by atoms with Gasteiger partial charge in [0.1, 0.15) is 28.3 Å². The van der Waals surface area contributed by atoms with Gasteiger partial charge in [0.25, 0.3) is 0 Å². The number of benzene rings is 2. The summed E-state index contributed by atoms with van der Waals surface area (Å²) in [5, 5.41) is 30.3. The van der Waals surface area contributed by atoms with Gasteiger partial charge in [0.2, 0.25) is 11.8 Å². The Labute approximate surface area is 245 Å². The molecule has 0 saturated heterocycles. The number of nitrogens with two attached hydrogens (primary N) is 1. The highest BCUT2D eigenvalue weighted by atomic mass is 16.3. The minimum atomic E-state index is -0.579. The molecular weight excluding hydrogens is 536 g/mol. The molecule has 0 radical (unpaired) electrons. The first-order chi connectivity index (χ1) is 20.1. The van der Waals surface area contributed by atoms with Crippen LogP contribution in [-0.2, 0) is 16.0 Å². The molecule has 0 atom stereocenters. The highest BCUT2D eigenvalue weighted by Crippen LogP contribution is 2.23. The second-order valence-electron chi connectivity index (χ2n) is 10.2. The lowest BCUT2D eigenvalue weighted by Gasteiger charge is -2.17. The number of hydrogen-bond acceptors (Lipinski definition) is 7. The van der Waals surface area contributed by atoms with Crippen LogP contribution in [0.2, 0.25) is 0 Å². The highest BCUT2D eigenvalue weighted by molar-refractivity contribution is 5.86. The molecule has 4 amide bonds. The van der Waals surface area contributed by atoms with Crippen LogP contribution in [0, 0.1) is 5.92 Å². The first-order valence-electron chi connectivity index (χ1n) is 14.0. The maximum Gasteiger partial charge on any atom is 0.320 e. The normalized spacial score (nSPS) is 11.4. The Hall–Kier alpha value is -4.87. The number of amides is 4. The van der Waals surface area contributed by atoms with Crippen LogP contribution in [0.15, 0.2) is 66.6 Å². The van der Waals surface area contributed by atoms with Crippen LogP contribution in [0.4, 0.5) is 4.79 Å². The van der Waals surface area contributed by atoms with Gasteiger partial charge in [-0.15, -0.1) is 15.0 Å². The molecule has 0 fully saturated rings. The molecule has 3 aromatic rings. The number of nitrogens with zero attached hydrogens (tertiary/aromatic N) is 3. The number of hydrogen-bond donors (Lipinski definition) is 6. The van der Waals surface area contributed by atoms with E-state index in [2.05, 4.69) is 38.0 Å². The number of allylic oxidation sites excluding steroid dienone is 1. The molecule has 2 aromatic carbocycles. The predicted octanol–water partition coefficient (Wildman–Crippen LogP) is 3.12. The lowest BCUT2D eigenvalue weighted by molar-refractivity contribution is -0.121. The monoisotopic (exact) mass is 576 g/mol. The smallest absolute Gasteiger partial charge is 0.320 e. The summed E-state index contributed by atoms with van der Waals surface area (Å²) >= 11 is 0. The Morgan fingerprint density at radius 2 is 1.62 bits per heavy atom. The number of primary amides is 1. The van der Waals surface area contributed by atoms with Gasteiger partial charge >= 0.3 is 6.03 Å². The first kappa shape index (κ1) is 31.7.